The number of nitrogens with zero attached hydrogens (tertiary/aromatic N) is 1. The Morgan fingerprint density at radius 3 is 2.88 bits per heavy atom. The van der Waals surface area contributed by atoms with Gasteiger partial charge in [0.25, 0.3) is 0 Å². The molecule has 0 aromatic carbocycles. The number of nitrogens with one attached hydrogen (secondary N) is 1. The second-order valence-electron chi connectivity index (χ2n) is 6.01. The topological polar surface area (TPSA) is 24.5 Å². The lowest BCUT2D eigenvalue weighted by atomic mass is 9.88. The molecule has 2 rings (SSSR count). The molecule has 100 valence electrons. The van der Waals surface area contributed by atoms with Crippen LogP contribution in [0.1, 0.15) is 40.5 Å². The number of hydrogen-bond donors (Lipinski definition) is 1. The SMILES string of the molecule is CCC(C)C1CN(C2(C)CCOC2C)CCN1. The molecule has 2 heterocycles. The van der Waals surface area contributed by atoms with Gasteiger partial charge < -0.3 is 10.1 Å². The first-order chi connectivity index (χ1) is 8.08. The van der Waals surface area contributed by atoms with Gasteiger partial charge >= 0.3 is 0 Å². The lowest BCUT2D eigenvalue weighted by molar-refractivity contribution is 0.000189. The van der Waals surface area contributed by atoms with E-state index in [0.717, 1.165) is 25.6 Å². The van der Waals surface area contributed by atoms with E-state index in [0.29, 0.717) is 12.1 Å². The van der Waals surface area contributed by atoms with E-state index in [2.05, 4.69) is 37.9 Å². The van der Waals surface area contributed by atoms with Crippen LogP contribution in [0.4, 0.5) is 0 Å². The summed E-state index contributed by atoms with van der Waals surface area (Å²) in [6.07, 6.45) is 2.81. The van der Waals surface area contributed by atoms with E-state index in [4.69, 9.17) is 4.74 Å². The molecule has 2 saturated heterocycles. The van der Waals surface area contributed by atoms with Crippen molar-refractivity contribution < 1.29 is 4.74 Å². The summed E-state index contributed by atoms with van der Waals surface area (Å²) in [6.45, 7) is 13.6. The van der Waals surface area contributed by atoms with Crippen LogP contribution in [0.15, 0.2) is 0 Å². The van der Waals surface area contributed by atoms with Crippen molar-refractivity contribution in [2.75, 3.05) is 26.2 Å². The van der Waals surface area contributed by atoms with Crippen LogP contribution in [-0.2, 0) is 4.74 Å². The monoisotopic (exact) mass is 240 g/mol. The van der Waals surface area contributed by atoms with Gasteiger partial charge in [-0.15, -0.1) is 0 Å². The molecule has 4 atom stereocenters. The molecular weight excluding hydrogens is 212 g/mol. The highest BCUT2D eigenvalue weighted by molar-refractivity contribution is 4.99. The third-order valence-electron chi connectivity index (χ3n) is 5.11. The average Bonchev–Trinajstić information content (AvgIpc) is 2.70. The minimum atomic E-state index is 0.258. The fourth-order valence-corrected chi connectivity index (χ4v) is 3.15. The van der Waals surface area contributed by atoms with E-state index in [1.165, 1.54) is 19.4 Å². The molecule has 0 bridgehead atoms. The zero-order chi connectivity index (χ0) is 12.5. The zero-order valence-corrected chi connectivity index (χ0v) is 11.8. The lowest BCUT2D eigenvalue weighted by Crippen LogP contribution is -2.62. The highest BCUT2D eigenvalue weighted by Crippen LogP contribution is 2.33. The summed E-state index contributed by atoms with van der Waals surface area (Å²) >= 11 is 0. The summed E-state index contributed by atoms with van der Waals surface area (Å²) in [5.41, 5.74) is 0.258. The van der Waals surface area contributed by atoms with Gasteiger partial charge in [-0.3, -0.25) is 4.90 Å². The Morgan fingerprint density at radius 1 is 1.53 bits per heavy atom. The fourth-order valence-electron chi connectivity index (χ4n) is 3.15. The molecule has 0 saturated carbocycles. The minimum Gasteiger partial charge on any atom is -0.377 e. The van der Waals surface area contributed by atoms with Crippen molar-refractivity contribution in [1.82, 2.24) is 10.2 Å². The molecule has 0 aromatic rings. The van der Waals surface area contributed by atoms with Gasteiger partial charge in [-0.25, -0.2) is 0 Å². The van der Waals surface area contributed by atoms with Gasteiger partial charge in [-0.05, 0) is 26.2 Å². The quantitative estimate of drug-likeness (QED) is 0.815. The standard InChI is InChI=1S/C14H28N2O/c1-5-11(2)13-10-16(8-7-15-13)14(4)6-9-17-12(14)3/h11-13,15H,5-10H2,1-4H3. The van der Waals surface area contributed by atoms with E-state index in [1.807, 2.05) is 0 Å². The first kappa shape index (κ1) is 13.3. The van der Waals surface area contributed by atoms with Crippen LogP contribution in [0.3, 0.4) is 0 Å². The summed E-state index contributed by atoms with van der Waals surface area (Å²) in [6, 6.07) is 0.651. The third kappa shape index (κ3) is 2.51. The van der Waals surface area contributed by atoms with E-state index in [9.17, 15) is 0 Å². The number of piperazine rings is 1. The molecule has 0 radical (unpaired) electrons. The molecule has 0 spiro atoms. The van der Waals surface area contributed by atoms with Crippen molar-refractivity contribution in [3.8, 4) is 0 Å². The molecule has 0 amide bonds. The Balaban J connectivity index is 2.01. The van der Waals surface area contributed by atoms with Gasteiger partial charge in [0, 0.05) is 37.8 Å². The summed E-state index contributed by atoms with van der Waals surface area (Å²) in [5, 5.41) is 3.67. The van der Waals surface area contributed by atoms with Crippen LogP contribution < -0.4 is 5.32 Å². The van der Waals surface area contributed by atoms with Gasteiger partial charge in [-0.1, -0.05) is 20.3 Å². The second-order valence-corrected chi connectivity index (χ2v) is 6.01. The maximum atomic E-state index is 5.78. The van der Waals surface area contributed by atoms with Crippen LogP contribution in [0.5, 0.6) is 0 Å². The van der Waals surface area contributed by atoms with Crippen molar-refractivity contribution in [2.45, 2.75) is 58.2 Å². The Bertz CT molecular complexity index is 259. The Kier molecular flexibility index (Phi) is 4.11. The van der Waals surface area contributed by atoms with Gasteiger partial charge in [0.05, 0.1) is 6.10 Å². The summed E-state index contributed by atoms with van der Waals surface area (Å²) in [5.74, 6) is 0.763. The maximum absolute atomic E-state index is 5.78. The zero-order valence-electron chi connectivity index (χ0n) is 11.8. The van der Waals surface area contributed by atoms with Crippen LogP contribution >= 0.6 is 0 Å². The largest absolute Gasteiger partial charge is 0.377 e. The second kappa shape index (κ2) is 5.25. The molecule has 2 aliphatic rings. The Labute approximate surface area is 106 Å². The third-order valence-corrected chi connectivity index (χ3v) is 5.11. The smallest absolute Gasteiger partial charge is 0.0728 e. The summed E-state index contributed by atoms with van der Waals surface area (Å²) in [7, 11) is 0. The van der Waals surface area contributed by atoms with Crippen molar-refractivity contribution >= 4 is 0 Å². The Morgan fingerprint density at radius 2 is 2.29 bits per heavy atom. The molecule has 3 heteroatoms. The highest BCUT2D eigenvalue weighted by Gasteiger charge is 2.43. The van der Waals surface area contributed by atoms with Crippen LogP contribution in [-0.4, -0.2) is 48.8 Å². The minimum absolute atomic E-state index is 0.258. The van der Waals surface area contributed by atoms with Crippen LogP contribution in [0, 0.1) is 5.92 Å². The highest BCUT2D eigenvalue weighted by atomic mass is 16.5. The normalized spacial score (nSPS) is 41.6. The van der Waals surface area contributed by atoms with Gasteiger partial charge in [0.2, 0.25) is 0 Å². The van der Waals surface area contributed by atoms with Crippen molar-refractivity contribution in [2.24, 2.45) is 5.92 Å². The number of ether oxygens (including phenoxy) is 1. The van der Waals surface area contributed by atoms with Gasteiger partial charge in [-0.2, -0.15) is 0 Å². The van der Waals surface area contributed by atoms with Crippen LogP contribution in [0.25, 0.3) is 0 Å². The molecule has 2 aliphatic heterocycles. The van der Waals surface area contributed by atoms with Gasteiger partial charge in [0.15, 0.2) is 0 Å². The first-order valence-corrected chi connectivity index (χ1v) is 7.18. The van der Waals surface area contributed by atoms with E-state index >= 15 is 0 Å². The maximum Gasteiger partial charge on any atom is 0.0728 e. The fraction of sp³-hybridized carbons (Fsp3) is 1.00. The van der Waals surface area contributed by atoms with Gasteiger partial charge in [0.1, 0.15) is 0 Å². The van der Waals surface area contributed by atoms with Crippen LogP contribution in [0.2, 0.25) is 0 Å². The molecule has 17 heavy (non-hydrogen) atoms. The predicted molar refractivity (Wildman–Crippen MR) is 71.3 cm³/mol. The first-order valence-electron chi connectivity index (χ1n) is 7.18. The van der Waals surface area contributed by atoms with E-state index in [-0.39, 0.29) is 5.54 Å². The molecule has 0 aromatic heterocycles. The molecule has 0 aliphatic carbocycles. The number of rotatable bonds is 3. The molecule has 1 N–H and O–H groups in total. The van der Waals surface area contributed by atoms with E-state index in [1.54, 1.807) is 0 Å². The van der Waals surface area contributed by atoms with E-state index < -0.39 is 0 Å². The Hall–Kier alpha value is -0.120. The summed E-state index contributed by atoms with van der Waals surface area (Å²) < 4.78 is 5.78. The predicted octanol–water partition coefficient (Wildman–Crippen LogP) is 1.87. The van der Waals surface area contributed by atoms with Crippen molar-refractivity contribution in [3.63, 3.8) is 0 Å². The average molecular weight is 240 g/mol. The molecule has 3 nitrogen and oxygen atoms in total. The molecular formula is C14H28N2O. The molecule has 2 fully saturated rings. The molecule has 4 unspecified atom stereocenters. The van der Waals surface area contributed by atoms with Crippen molar-refractivity contribution in [3.05, 3.63) is 0 Å². The lowest BCUT2D eigenvalue weighted by Gasteiger charge is -2.46. The number of hydrogen-bond acceptors (Lipinski definition) is 3. The summed E-state index contributed by atoms with van der Waals surface area (Å²) in [4.78, 5) is 2.66. The van der Waals surface area contributed by atoms with Crippen molar-refractivity contribution in [1.29, 1.82) is 0 Å².